The number of amides is 1. The Kier molecular flexibility index (Phi) is 7.03. The number of anilines is 1. The number of carbonyl (C=O) groups is 1. The van der Waals surface area contributed by atoms with Crippen LogP contribution in [-0.4, -0.2) is 16.9 Å². The van der Waals surface area contributed by atoms with Crippen LogP contribution in [0.25, 0.3) is 0 Å². The first kappa shape index (κ1) is 17.3. The SMILES string of the molecule is Cc1c(NC(=O)CCC(C)N)cccc1[N+](=O)[O-].Cl. The third-order valence-electron chi connectivity index (χ3n) is 2.60. The van der Waals surface area contributed by atoms with Gasteiger partial charge in [-0.2, -0.15) is 0 Å². The Morgan fingerprint density at radius 3 is 2.68 bits per heavy atom. The van der Waals surface area contributed by atoms with Crippen LogP contribution in [0.15, 0.2) is 18.2 Å². The summed E-state index contributed by atoms with van der Waals surface area (Å²) >= 11 is 0. The molecular weight excluding hydrogens is 270 g/mol. The summed E-state index contributed by atoms with van der Waals surface area (Å²) in [5.41, 5.74) is 6.48. The molecule has 1 rings (SSSR count). The molecule has 0 aliphatic carbocycles. The lowest BCUT2D eigenvalue weighted by atomic mass is 10.1. The minimum atomic E-state index is -0.465. The molecule has 19 heavy (non-hydrogen) atoms. The number of nitrogens with two attached hydrogens (primary N) is 1. The van der Waals surface area contributed by atoms with Crippen molar-refractivity contribution >= 4 is 29.7 Å². The Morgan fingerprint density at radius 2 is 2.16 bits per heavy atom. The zero-order chi connectivity index (χ0) is 13.7. The van der Waals surface area contributed by atoms with Crippen LogP contribution >= 0.6 is 12.4 Å². The molecule has 1 atom stereocenters. The molecule has 106 valence electrons. The van der Waals surface area contributed by atoms with Crippen LogP contribution in [-0.2, 0) is 4.79 Å². The summed E-state index contributed by atoms with van der Waals surface area (Å²) in [7, 11) is 0. The molecule has 0 saturated heterocycles. The molecule has 1 aromatic carbocycles. The van der Waals surface area contributed by atoms with Gasteiger partial charge in [0.1, 0.15) is 0 Å². The van der Waals surface area contributed by atoms with Gasteiger partial charge in [-0.3, -0.25) is 14.9 Å². The number of nitrogens with one attached hydrogen (secondary N) is 1. The van der Waals surface area contributed by atoms with Gasteiger partial charge in [0.15, 0.2) is 0 Å². The molecule has 0 heterocycles. The molecule has 1 amide bonds. The third-order valence-corrected chi connectivity index (χ3v) is 2.60. The second kappa shape index (κ2) is 7.70. The Morgan fingerprint density at radius 1 is 1.53 bits per heavy atom. The number of hydrogen-bond acceptors (Lipinski definition) is 4. The van der Waals surface area contributed by atoms with Gasteiger partial charge in [0.2, 0.25) is 5.91 Å². The monoisotopic (exact) mass is 287 g/mol. The van der Waals surface area contributed by atoms with Crippen molar-refractivity contribution in [3.05, 3.63) is 33.9 Å². The van der Waals surface area contributed by atoms with Crippen molar-refractivity contribution in [1.82, 2.24) is 0 Å². The van der Waals surface area contributed by atoms with E-state index in [0.29, 0.717) is 24.1 Å². The number of carbonyl (C=O) groups excluding carboxylic acids is 1. The summed E-state index contributed by atoms with van der Waals surface area (Å²) in [6.07, 6.45) is 0.888. The van der Waals surface area contributed by atoms with Crippen LogP contribution in [0.2, 0.25) is 0 Å². The summed E-state index contributed by atoms with van der Waals surface area (Å²) in [4.78, 5) is 21.9. The summed E-state index contributed by atoms with van der Waals surface area (Å²) < 4.78 is 0. The zero-order valence-electron chi connectivity index (χ0n) is 10.9. The quantitative estimate of drug-likeness (QED) is 0.641. The highest BCUT2D eigenvalue weighted by Crippen LogP contribution is 2.25. The van der Waals surface area contributed by atoms with Gasteiger partial charge in [-0.1, -0.05) is 6.07 Å². The largest absolute Gasteiger partial charge is 0.328 e. The maximum absolute atomic E-state index is 11.6. The van der Waals surface area contributed by atoms with E-state index in [-0.39, 0.29) is 30.0 Å². The molecule has 0 radical (unpaired) electrons. The van der Waals surface area contributed by atoms with Gasteiger partial charge in [0, 0.05) is 18.5 Å². The molecule has 1 aromatic rings. The van der Waals surface area contributed by atoms with Gasteiger partial charge in [-0.05, 0) is 26.3 Å². The predicted molar refractivity (Wildman–Crippen MR) is 76.6 cm³/mol. The van der Waals surface area contributed by atoms with E-state index in [4.69, 9.17) is 5.73 Å². The van der Waals surface area contributed by atoms with Gasteiger partial charge in [-0.15, -0.1) is 12.4 Å². The first-order chi connectivity index (χ1) is 8.41. The van der Waals surface area contributed by atoms with Gasteiger partial charge < -0.3 is 11.1 Å². The maximum atomic E-state index is 11.6. The predicted octanol–water partition coefficient (Wildman–Crippen LogP) is 2.39. The fraction of sp³-hybridized carbons (Fsp3) is 0.417. The van der Waals surface area contributed by atoms with E-state index in [9.17, 15) is 14.9 Å². The number of nitro benzene ring substituents is 1. The van der Waals surface area contributed by atoms with Crippen molar-refractivity contribution in [2.75, 3.05) is 5.32 Å². The van der Waals surface area contributed by atoms with Gasteiger partial charge in [-0.25, -0.2) is 0 Å². The Hall–Kier alpha value is -1.66. The van der Waals surface area contributed by atoms with Crippen LogP contribution in [0.3, 0.4) is 0 Å². The lowest BCUT2D eigenvalue weighted by molar-refractivity contribution is -0.385. The van der Waals surface area contributed by atoms with E-state index >= 15 is 0 Å². The lowest BCUT2D eigenvalue weighted by Gasteiger charge is -2.09. The Balaban J connectivity index is 0.00000324. The number of nitro groups is 1. The minimum absolute atomic E-state index is 0. The molecule has 3 N–H and O–H groups in total. The van der Waals surface area contributed by atoms with Gasteiger partial charge in [0.25, 0.3) is 5.69 Å². The zero-order valence-corrected chi connectivity index (χ0v) is 11.7. The van der Waals surface area contributed by atoms with E-state index in [1.165, 1.54) is 6.07 Å². The van der Waals surface area contributed by atoms with Crippen LogP contribution in [0.1, 0.15) is 25.3 Å². The topological polar surface area (TPSA) is 98.3 Å². The minimum Gasteiger partial charge on any atom is -0.328 e. The molecular formula is C12H18ClN3O3. The maximum Gasteiger partial charge on any atom is 0.274 e. The van der Waals surface area contributed by atoms with Crippen molar-refractivity contribution < 1.29 is 9.72 Å². The Bertz CT molecular complexity index is 464. The molecule has 0 aliphatic heterocycles. The summed E-state index contributed by atoms with van der Waals surface area (Å²) in [6.45, 7) is 3.44. The van der Waals surface area contributed by atoms with Gasteiger partial charge >= 0.3 is 0 Å². The van der Waals surface area contributed by atoms with Crippen molar-refractivity contribution in [2.24, 2.45) is 5.73 Å². The molecule has 0 bridgehead atoms. The summed E-state index contributed by atoms with van der Waals surface area (Å²) in [5.74, 6) is -0.184. The van der Waals surface area contributed by atoms with Crippen LogP contribution in [0.4, 0.5) is 11.4 Å². The van der Waals surface area contributed by atoms with E-state index in [2.05, 4.69) is 5.32 Å². The number of rotatable bonds is 5. The van der Waals surface area contributed by atoms with Crippen LogP contribution < -0.4 is 11.1 Å². The number of halogens is 1. The average molecular weight is 288 g/mol. The van der Waals surface area contributed by atoms with Crippen LogP contribution in [0, 0.1) is 17.0 Å². The molecule has 0 fully saturated rings. The molecule has 6 nitrogen and oxygen atoms in total. The molecule has 0 saturated carbocycles. The third kappa shape index (κ3) is 5.23. The number of benzene rings is 1. The van der Waals surface area contributed by atoms with Crippen molar-refractivity contribution in [2.45, 2.75) is 32.7 Å². The normalized spacial score (nSPS) is 11.3. The average Bonchev–Trinajstić information content (AvgIpc) is 2.29. The molecule has 0 aliphatic rings. The fourth-order valence-electron chi connectivity index (χ4n) is 1.53. The first-order valence-corrected chi connectivity index (χ1v) is 5.71. The van der Waals surface area contributed by atoms with Gasteiger partial charge in [0.05, 0.1) is 16.2 Å². The highest BCUT2D eigenvalue weighted by Gasteiger charge is 2.14. The first-order valence-electron chi connectivity index (χ1n) is 5.71. The smallest absolute Gasteiger partial charge is 0.274 e. The van der Waals surface area contributed by atoms with E-state index in [1.807, 2.05) is 6.92 Å². The second-order valence-electron chi connectivity index (χ2n) is 4.27. The highest BCUT2D eigenvalue weighted by molar-refractivity contribution is 5.92. The van der Waals surface area contributed by atoms with E-state index in [0.717, 1.165) is 0 Å². The Labute approximate surface area is 117 Å². The molecule has 1 unspecified atom stereocenters. The standard InChI is InChI=1S/C12H17N3O3.ClH/c1-8(13)6-7-12(16)14-10-4-3-5-11(9(10)2)15(17)18;/h3-5,8H,6-7,13H2,1-2H3,(H,14,16);1H. The van der Waals surface area contributed by atoms with E-state index < -0.39 is 4.92 Å². The van der Waals surface area contributed by atoms with Crippen molar-refractivity contribution in [3.63, 3.8) is 0 Å². The fourth-order valence-corrected chi connectivity index (χ4v) is 1.53. The number of hydrogen-bond donors (Lipinski definition) is 2. The molecule has 0 aromatic heterocycles. The molecule has 7 heteroatoms. The summed E-state index contributed by atoms with van der Waals surface area (Å²) in [6, 6.07) is 4.56. The summed E-state index contributed by atoms with van der Waals surface area (Å²) in [5, 5.41) is 13.4. The second-order valence-corrected chi connectivity index (χ2v) is 4.27. The van der Waals surface area contributed by atoms with Crippen molar-refractivity contribution in [1.29, 1.82) is 0 Å². The lowest BCUT2D eigenvalue weighted by Crippen LogP contribution is -2.19. The molecule has 0 spiro atoms. The number of nitrogens with zero attached hydrogens (tertiary/aromatic N) is 1. The van der Waals surface area contributed by atoms with Crippen LogP contribution in [0.5, 0.6) is 0 Å². The van der Waals surface area contributed by atoms with Crippen molar-refractivity contribution in [3.8, 4) is 0 Å². The highest BCUT2D eigenvalue weighted by atomic mass is 35.5. The van der Waals surface area contributed by atoms with E-state index in [1.54, 1.807) is 19.1 Å².